The van der Waals surface area contributed by atoms with Crippen LogP contribution in [0.1, 0.15) is 28.4 Å². The fourth-order valence-electron chi connectivity index (χ4n) is 3.49. The first-order valence-corrected chi connectivity index (χ1v) is 12.2. The Morgan fingerprint density at radius 1 is 1.10 bits per heavy atom. The second kappa shape index (κ2) is 10.1. The SMILES string of the molecule is CCS(=O)(=O)c1ccc(Cl)cc1CNC(=O)c1ccc(CN2CCN(C)CC2)c(F)c1. The summed E-state index contributed by atoms with van der Waals surface area (Å²) >= 11 is 6.00. The van der Waals surface area contributed by atoms with Crippen LogP contribution in [-0.4, -0.2) is 63.1 Å². The van der Waals surface area contributed by atoms with Gasteiger partial charge in [0.25, 0.3) is 5.91 Å². The normalized spacial score (nSPS) is 15.7. The molecule has 9 heteroatoms. The van der Waals surface area contributed by atoms with E-state index in [0.29, 0.717) is 22.7 Å². The van der Waals surface area contributed by atoms with Gasteiger partial charge >= 0.3 is 0 Å². The second-order valence-electron chi connectivity index (χ2n) is 7.72. The summed E-state index contributed by atoms with van der Waals surface area (Å²) in [6.07, 6.45) is 0. The lowest BCUT2D eigenvalue weighted by atomic mass is 10.1. The number of carbonyl (C=O) groups is 1. The lowest BCUT2D eigenvalue weighted by molar-refractivity contribution is 0.0950. The smallest absolute Gasteiger partial charge is 0.251 e. The molecule has 2 aromatic rings. The van der Waals surface area contributed by atoms with Crippen LogP contribution in [0.3, 0.4) is 0 Å². The number of likely N-dealkylation sites (N-methyl/N-ethyl adjacent to an activating group) is 1. The molecule has 0 aromatic heterocycles. The number of carbonyl (C=O) groups excluding carboxylic acids is 1. The van der Waals surface area contributed by atoms with Crippen LogP contribution in [0.4, 0.5) is 4.39 Å². The molecule has 3 rings (SSSR count). The van der Waals surface area contributed by atoms with Gasteiger partial charge in [-0.1, -0.05) is 24.6 Å². The van der Waals surface area contributed by atoms with Crippen molar-refractivity contribution in [1.82, 2.24) is 15.1 Å². The van der Waals surface area contributed by atoms with Gasteiger partial charge in [0.1, 0.15) is 5.82 Å². The number of nitrogens with one attached hydrogen (secondary N) is 1. The van der Waals surface area contributed by atoms with Gasteiger partial charge in [-0.25, -0.2) is 12.8 Å². The number of amides is 1. The molecule has 1 heterocycles. The molecule has 1 amide bonds. The molecular weight excluding hydrogens is 441 g/mol. The molecule has 0 unspecified atom stereocenters. The highest BCUT2D eigenvalue weighted by molar-refractivity contribution is 7.91. The monoisotopic (exact) mass is 467 g/mol. The van der Waals surface area contributed by atoms with Crippen LogP contribution in [0, 0.1) is 5.82 Å². The molecule has 0 atom stereocenters. The maximum Gasteiger partial charge on any atom is 0.251 e. The Labute approximate surface area is 187 Å². The zero-order valence-corrected chi connectivity index (χ0v) is 19.3. The van der Waals surface area contributed by atoms with E-state index in [1.807, 2.05) is 0 Å². The molecule has 0 saturated carbocycles. The largest absolute Gasteiger partial charge is 0.348 e. The molecule has 1 aliphatic heterocycles. The van der Waals surface area contributed by atoms with E-state index in [9.17, 15) is 17.6 Å². The van der Waals surface area contributed by atoms with Crippen LogP contribution in [0.25, 0.3) is 0 Å². The molecule has 0 bridgehead atoms. The Balaban J connectivity index is 1.68. The molecule has 2 aromatic carbocycles. The van der Waals surface area contributed by atoms with Crippen molar-refractivity contribution < 1.29 is 17.6 Å². The molecule has 168 valence electrons. The van der Waals surface area contributed by atoms with Crippen LogP contribution in [0.15, 0.2) is 41.3 Å². The number of piperazine rings is 1. The molecule has 1 saturated heterocycles. The highest BCUT2D eigenvalue weighted by atomic mass is 35.5. The van der Waals surface area contributed by atoms with Gasteiger partial charge < -0.3 is 10.2 Å². The van der Waals surface area contributed by atoms with Crippen molar-refractivity contribution in [1.29, 1.82) is 0 Å². The van der Waals surface area contributed by atoms with Crippen molar-refractivity contribution >= 4 is 27.3 Å². The molecule has 1 aliphatic rings. The van der Waals surface area contributed by atoms with E-state index >= 15 is 0 Å². The minimum absolute atomic E-state index is 0.0291. The molecule has 0 radical (unpaired) electrons. The minimum atomic E-state index is -3.47. The molecule has 1 N–H and O–H groups in total. The van der Waals surface area contributed by atoms with Gasteiger partial charge in [-0.3, -0.25) is 9.69 Å². The molecule has 31 heavy (non-hydrogen) atoms. The van der Waals surface area contributed by atoms with E-state index in [1.54, 1.807) is 19.1 Å². The summed E-state index contributed by atoms with van der Waals surface area (Å²) in [4.78, 5) is 17.1. The van der Waals surface area contributed by atoms with Gasteiger partial charge in [-0.2, -0.15) is 0 Å². The van der Waals surface area contributed by atoms with Crippen LogP contribution in [-0.2, 0) is 22.9 Å². The van der Waals surface area contributed by atoms with Gasteiger partial charge in [0.2, 0.25) is 0 Å². The average molecular weight is 468 g/mol. The Kier molecular flexibility index (Phi) is 7.69. The average Bonchev–Trinajstić information content (AvgIpc) is 2.74. The summed E-state index contributed by atoms with van der Waals surface area (Å²) < 4.78 is 39.2. The third-order valence-corrected chi connectivity index (χ3v) is 7.55. The number of halogens is 2. The quantitative estimate of drug-likeness (QED) is 0.678. The highest BCUT2D eigenvalue weighted by Crippen LogP contribution is 2.22. The van der Waals surface area contributed by atoms with E-state index in [2.05, 4.69) is 22.2 Å². The number of benzene rings is 2. The van der Waals surface area contributed by atoms with E-state index in [0.717, 1.165) is 26.2 Å². The van der Waals surface area contributed by atoms with Crippen molar-refractivity contribution in [3.63, 3.8) is 0 Å². The topological polar surface area (TPSA) is 69.7 Å². The summed E-state index contributed by atoms with van der Waals surface area (Å²) in [5, 5.41) is 3.04. The van der Waals surface area contributed by atoms with Gasteiger partial charge in [0.15, 0.2) is 9.84 Å². The first kappa shape index (κ1) is 23.7. The number of hydrogen-bond donors (Lipinski definition) is 1. The Morgan fingerprint density at radius 3 is 2.45 bits per heavy atom. The molecular formula is C22H27ClFN3O3S. The van der Waals surface area contributed by atoms with E-state index < -0.39 is 21.6 Å². The zero-order chi connectivity index (χ0) is 22.6. The molecule has 0 aliphatic carbocycles. The van der Waals surface area contributed by atoms with Gasteiger partial charge in [-0.15, -0.1) is 0 Å². The summed E-state index contributed by atoms with van der Waals surface area (Å²) in [7, 11) is -1.40. The van der Waals surface area contributed by atoms with Crippen LogP contribution < -0.4 is 5.32 Å². The fourth-order valence-corrected chi connectivity index (χ4v) is 4.80. The summed E-state index contributed by atoms with van der Waals surface area (Å²) in [5.41, 5.74) is 1.13. The number of sulfone groups is 1. The van der Waals surface area contributed by atoms with Gasteiger partial charge in [0.05, 0.1) is 10.6 Å². The third-order valence-electron chi connectivity index (χ3n) is 5.48. The third kappa shape index (κ3) is 6.04. The zero-order valence-electron chi connectivity index (χ0n) is 17.7. The summed E-state index contributed by atoms with van der Waals surface area (Å²) in [5.74, 6) is -0.969. The van der Waals surface area contributed by atoms with Crippen LogP contribution >= 0.6 is 11.6 Å². The number of nitrogens with zero attached hydrogens (tertiary/aromatic N) is 2. The van der Waals surface area contributed by atoms with Crippen molar-refractivity contribution in [3.05, 3.63) is 63.9 Å². The van der Waals surface area contributed by atoms with Gasteiger partial charge in [-0.05, 0) is 42.9 Å². The lowest BCUT2D eigenvalue weighted by Crippen LogP contribution is -2.44. The first-order chi connectivity index (χ1) is 14.7. The summed E-state index contributed by atoms with van der Waals surface area (Å²) in [6.45, 7) is 5.67. The van der Waals surface area contributed by atoms with Gasteiger partial charge in [0, 0.05) is 55.4 Å². The summed E-state index contributed by atoms with van der Waals surface area (Å²) in [6, 6.07) is 8.91. The van der Waals surface area contributed by atoms with E-state index in [-0.39, 0.29) is 22.8 Å². The Hall–Kier alpha value is -2.00. The maximum atomic E-state index is 14.6. The second-order valence-corrected chi connectivity index (χ2v) is 10.4. The van der Waals surface area contributed by atoms with Crippen molar-refractivity contribution in [2.45, 2.75) is 24.9 Å². The molecule has 6 nitrogen and oxygen atoms in total. The predicted molar refractivity (Wildman–Crippen MR) is 120 cm³/mol. The Bertz CT molecular complexity index is 1050. The van der Waals surface area contributed by atoms with Crippen molar-refractivity contribution in [3.8, 4) is 0 Å². The predicted octanol–water partition coefficient (Wildman–Crippen LogP) is 2.95. The molecule has 1 fully saturated rings. The highest BCUT2D eigenvalue weighted by Gasteiger charge is 2.19. The van der Waals surface area contributed by atoms with E-state index in [1.165, 1.54) is 24.3 Å². The standard InChI is InChI=1S/C22H27ClFN3O3S/c1-3-31(29,30)21-7-6-19(23)12-18(21)14-25-22(28)16-4-5-17(20(24)13-16)15-27-10-8-26(2)9-11-27/h4-7,12-13H,3,8-11,14-15H2,1-2H3,(H,25,28). The molecule has 0 spiro atoms. The first-order valence-electron chi connectivity index (χ1n) is 10.2. The number of rotatable bonds is 7. The number of hydrogen-bond acceptors (Lipinski definition) is 5. The van der Waals surface area contributed by atoms with E-state index in [4.69, 9.17) is 11.6 Å². The van der Waals surface area contributed by atoms with Crippen LogP contribution in [0.5, 0.6) is 0 Å². The fraction of sp³-hybridized carbons (Fsp3) is 0.409. The minimum Gasteiger partial charge on any atom is -0.348 e. The van der Waals surface area contributed by atoms with Crippen molar-refractivity contribution in [2.75, 3.05) is 39.0 Å². The van der Waals surface area contributed by atoms with Crippen LogP contribution in [0.2, 0.25) is 5.02 Å². The maximum absolute atomic E-state index is 14.6. The van der Waals surface area contributed by atoms with Crippen molar-refractivity contribution in [2.24, 2.45) is 0 Å². The lowest BCUT2D eigenvalue weighted by Gasteiger charge is -2.32. The Morgan fingerprint density at radius 2 is 1.81 bits per heavy atom.